The van der Waals surface area contributed by atoms with Crippen LogP contribution in [0.4, 0.5) is 17.1 Å². The topological polar surface area (TPSA) is 35.7 Å². The van der Waals surface area contributed by atoms with Gasteiger partial charge in [-0.05, 0) is 50.3 Å². The highest BCUT2D eigenvalue weighted by atomic mass is 32.2. The van der Waals surface area contributed by atoms with Crippen LogP contribution in [0.1, 0.15) is 6.42 Å². The second kappa shape index (κ2) is 7.28. The lowest BCUT2D eigenvalue weighted by atomic mass is 10.2. The average Bonchev–Trinajstić information content (AvgIpc) is 2.62. The Morgan fingerprint density at radius 2 is 1.68 bits per heavy atom. The second-order valence-electron chi connectivity index (χ2n) is 6.95. The van der Waals surface area contributed by atoms with Crippen LogP contribution in [0.5, 0.6) is 0 Å². The van der Waals surface area contributed by atoms with Crippen LogP contribution in [-0.2, 0) is 0 Å². The molecule has 25 heavy (non-hydrogen) atoms. The van der Waals surface area contributed by atoms with Gasteiger partial charge in [0.25, 0.3) is 0 Å². The molecule has 4 rings (SSSR count). The third-order valence-electron chi connectivity index (χ3n) is 5.10. The van der Waals surface area contributed by atoms with E-state index in [9.17, 15) is 0 Å². The molecule has 2 aromatic rings. The predicted molar refractivity (Wildman–Crippen MR) is 107 cm³/mol. The van der Waals surface area contributed by atoms with E-state index in [4.69, 9.17) is 5.73 Å². The van der Waals surface area contributed by atoms with Crippen molar-refractivity contribution in [1.29, 1.82) is 0 Å². The van der Waals surface area contributed by atoms with Crippen molar-refractivity contribution in [2.24, 2.45) is 0 Å². The lowest BCUT2D eigenvalue weighted by Crippen LogP contribution is -2.45. The van der Waals surface area contributed by atoms with E-state index < -0.39 is 0 Å². The van der Waals surface area contributed by atoms with Crippen molar-refractivity contribution >= 4 is 28.8 Å². The van der Waals surface area contributed by atoms with Gasteiger partial charge >= 0.3 is 0 Å². The molecule has 1 fully saturated rings. The van der Waals surface area contributed by atoms with Crippen molar-refractivity contribution < 1.29 is 0 Å². The van der Waals surface area contributed by atoms with Crippen molar-refractivity contribution in [1.82, 2.24) is 9.80 Å². The molecule has 4 nitrogen and oxygen atoms in total. The van der Waals surface area contributed by atoms with Crippen LogP contribution in [0.15, 0.2) is 52.3 Å². The summed E-state index contributed by atoms with van der Waals surface area (Å²) in [4.78, 5) is 10.1. The Hall–Kier alpha value is -1.69. The molecule has 5 heteroatoms. The molecular formula is C20H26N4S. The number of rotatable bonds is 4. The Bertz CT molecular complexity index is 740. The Morgan fingerprint density at radius 1 is 0.920 bits per heavy atom. The third-order valence-corrected chi connectivity index (χ3v) is 6.21. The molecule has 2 aliphatic rings. The molecule has 2 aromatic carbocycles. The van der Waals surface area contributed by atoms with Crippen molar-refractivity contribution in [3.05, 3.63) is 42.5 Å². The molecular weight excluding hydrogens is 328 g/mol. The Labute approximate surface area is 154 Å². The maximum atomic E-state index is 6.01. The van der Waals surface area contributed by atoms with Crippen molar-refractivity contribution in [3.8, 4) is 0 Å². The first-order chi connectivity index (χ1) is 12.2. The molecule has 0 radical (unpaired) electrons. The number of piperazine rings is 1. The molecule has 0 amide bonds. The lowest BCUT2D eigenvalue weighted by molar-refractivity contribution is 0.153. The highest BCUT2D eigenvalue weighted by Crippen LogP contribution is 2.48. The number of fused-ring (bicyclic) bond motifs is 2. The van der Waals surface area contributed by atoms with E-state index in [0.717, 1.165) is 12.2 Å². The van der Waals surface area contributed by atoms with Gasteiger partial charge in [-0.25, -0.2) is 0 Å². The smallest absolute Gasteiger partial charge is 0.0554 e. The Kier molecular flexibility index (Phi) is 4.88. The van der Waals surface area contributed by atoms with E-state index in [-0.39, 0.29) is 0 Å². The summed E-state index contributed by atoms with van der Waals surface area (Å²) in [6.07, 6.45) is 1.17. The van der Waals surface area contributed by atoms with Gasteiger partial charge in [0, 0.05) is 48.2 Å². The molecule has 0 saturated carbocycles. The number of nitrogen functional groups attached to an aromatic ring is 1. The normalized spacial score (nSPS) is 18.0. The molecule has 2 heterocycles. The SMILES string of the molecule is CN1CCN(CCCN2c3ccccc3Sc3cc(N)ccc32)CC1. The fourth-order valence-electron chi connectivity index (χ4n) is 3.61. The fourth-order valence-corrected chi connectivity index (χ4v) is 4.76. The highest BCUT2D eigenvalue weighted by molar-refractivity contribution is 7.99. The van der Waals surface area contributed by atoms with E-state index in [0.29, 0.717) is 0 Å². The summed E-state index contributed by atoms with van der Waals surface area (Å²) in [5.41, 5.74) is 9.46. The van der Waals surface area contributed by atoms with E-state index >= 15 is 0 Å². The van der Waals surface area contributed by atoms with Crippen LogP contribution in [-0.4, -0.2) is 56.1 Å². The maximum absolute atomic E-state index is 6.01. The van der Waals surface area contributed by atoms with Gasteiger partial charge in [0.2, 0.25) is 0 Å². The molecule has 0 aromatic heterocycles. The van der Waals surface area contributed by atoms with Gasteiger partial charge in [0.05, 0.1) is 11.4 Å². The molecule has 0 spiro atoms. The minimum atomic E-state index is 0.836. The molecule has 1 saturated heterocycles. The minimum Gasteiger partial charge on any atom is -0.399 e. The van der Waals surface area contributed by atoms with Gasteiger partial charge in [-0.2, -0.15) is 0 Å². The summed E-state index contributed by atoms with van der Waals surface area (Å²) >= 11 is 1.82. The first-order valence-electron chi connectivity index (χ1n) is 9.05. The van der Waals surface area contributed by atoms with Crippen molar-refractivity contribution in [2.75, 3.05) is 56.9 Å². The fraction of sp³-hybridized carbons (Fsp3) is 0.400. The minimum absolute atomic E-state index is 0.836. The van der Waals surface area contributed by atoms with E-state index in [1.165, 1.54) is 60.3 Å². The van der Waals surface area contributed by atoms with Gasteiger partial charge in [0.1, 0.15) is 0 Å². The van der Waals surface area contributed by atoms with Crippen LogP contribution in [0.3, 0.4) is 0 Å². The zero-order valence-corrected chi connectivity index (χ0v) is 15.6. The summed E-state index contributed by atoms with van der Waals surface area (Å²) in [6, 6.07) is 15.0. The highest BCUT2D eigenvalue weighted by Gasteiger charge is 2.23. The third kappa shape index (κ3) is 3.64. The maximum Gasteiger partial charge on any atom is 0.0554 e. The first kappa shape index (κ1) is 16.8. The number of likely N-dealkylation sites (N-methyl/N-ethyl adjacent to an activating group) is 1. The van der Waals surface area contributed by atoms with Crippen LogP contribution in [0.25, 0.3) is 0 Å². The van der Waals surface area contributed by atoms with Gasteiger partial charge in [-0.15, -0.1) is 0 Å². The van der Waals surface area contributed by atoms with Crippen LogP contribution in [0, 0.1) is 0 Å². The summed E-state index contributed by atoms with van der Waals surface area (Å²) in [5, 5.41) is 0. The zero-order valence-electron chi connectivity index (χ0n) is 14.8. The first-order valence-corrected chi connectivity index (χ1v) is 9.87. The molecule has 2 aliphatic heterocycles. The van der Waals surface area contributed by atoms with Crippen molar-refractivity contribution in [3.63, 3.8) is 0 Å². The lowest BCUT2D eigenvalue weighted by Gasteiger charge is -2.35. The van der Waals surface area contributed by atoms with Gasteiger partial charge in [0.15, 0.2) is 0 Å². The number of anilines is 3. The predicted octanol–water partition coefficient (Wildman–Crippen LogP) is 3.51. The molecule has 0 unspecified atom stereocenters. The number of nitrogens with two attached hydrogens (primary N) is 1. The molecule has 132 valence electrons. The number of nitrogens with zero attached hydrogens (tertiary/aromatic N) is 3. The van der Waals surface area contributed by atoms with Crippen LogP contribution < -0.4 is 10.6 Å². The summed E-state index contributed by atoms with van der Waals surface area (Å²) in [5.74, 6) is 0. The standard InChI is InChI=1S/C20H26N4S/c1-22-11-13-23(14-12-22)9-4-10-24-17-5-2-3-6-19(17)25-20-15-16(21)7-8-18(20)24/h2-3,5-8,15H,4,9-14,21H2,1H3. The van der Waals surface area contributed by atoms with Crippen LogP contribution in [0.2, 0.25) is 0 Å². The van der Waals surface area contributed by atoms with E-state index in [2.05, 4.69) is 58.1 Å². The second-order valence-corrected chi connectivity index (χ2v) is 8.03. The van der Waals surface area contributed by atoms with Gasteiger partial charge in [-0.1, -0.05) is 23.9 Å². The zero-order chi connectivity index (χ0) is 17.2. The van der Waals surface area contributed by atoms with Crippen molar-refractivity contribution in [2.45, 2.75) is 16.2 Å². The van der Waals surface area contributed by atoms with E-state index in [1.807, 2.05) is 17.8 Å². The number of hydrogen-bond donors (Lipinski definition) is 1. The molecule has 0 bridgehead atoms. The number of para-hydroxylation sites is 1. The van der Waals surface area contributed by atoms with Gasteiger partial charge in [-0.3, -0.25) is 0 Å². The Balaban J connectivity index is 1.49. The summed E-state index contributed by atoms with van der Waals surface area (Å²) in [6.45, 7) is 6.97. The molecule has 0 aliphatic carbocycles. The summed E-state index contributed by atoms with van der Waals surface area (Å²) < 4.78 is 0. The summed E-state index contributed by atoms with van der Waals surface area (Å²) in [7, 11) is 2.21. The Morgan fingerprint density at radius 3 is 2.52 bits per heavy atom. The average molecular weight is 355 g/mol. The van der Waals surface area contributed by atoms with Crippen LogP contribution >= 0.6 is 11.8 Å². The largest absolute Gasteiger partial charge is 0.399 e. The molecule has 2 N–H and O–H groups in total. The van der Waals surface area contributed by atoms with E-state index in [1.54, 1.807) is 0 Å². The monoisotopic (exact) mass is 354 g/mol. The quantitative estimate of drug-likeness (QED) is 0.850. The number of hydrogen-bond acceptors (Lipinski definition) is 5. The van der Waals surface area contributed by atoms with Gasteiger partial charge < -0.3 is 20.4 Å². The number of benzene rings is 2. The molecule has 0 atom stereocenters.